The molecule has 2 rings (SSSR count). The van der Waals surface area contributed by atoms with Crippen LogP contribution in [0.25, 0.3) is 0 Å². The zero-order valence-corrected chi connectivity index (χ0v) is 12.5. The Bertz CT molecular complexity index is 427. The molecule has 0 aromatic heterocycles. The summed E-state index contributed by atoms with van der Waals surface area (Å²) in [5, 5.41) is 0. The maximum absolute atomic E-state index is 12.4. The minimum Gasteiger partial charge on any atom is -0.336 e. The quantitative estimate of drug-likeness (QED) is 0.810. The van der Waals surface area contributed by atoms with E-state index in [2.05, 4.69) is 36.1 Å². The number of amides is 1. The lowest BCUT2D eigenvalue weighted by Crippen LogP contribution is -2.30. The van der Waals surface area contributed by atoms with E-state index in [9.17, 15) is 4.79 Å². The number of benzene rings is 1. The fourth-order valence-electron chi connectivity index (χ4n) is 2.94. The van der Waals surface area contributed by atoms with Crippen LogP contribution in [-0.2, 0) is 4.79 Å². The second-order valence-corrected chi connectivity index (χ2v) is 5.76. The number of rotatable bonds is 6. The maximum Gasteiger partial charge on any atom is 0.223 e. The van der Waals surface area contributed by atoms with Crippen LogP contribution in [0.3, 0.4) is 0 Å². The first-order valence-corrected chi connectivity index (χ1v) is 7.78. The van der Waals surface area contributed by atoms with Crippen molar-refractivity contribution in [2.45, 2.75) is 51.5 Å². The lowest BCUT2D eigenvalue weighted by atomic mass is 10.0. The van der Waals surface area contributed by atoms with Gasteiger partial charge in [-0.2, -0.15) is 0 Å². The lowest BCUT2D eigenvalue weighted by Gasteiger charge is -2.25. The highest BCUT2D eigenvalue weighted by molar-refractivity contribution is 5.77. The monoisotopic (exact) mass is 274 g/mol. The minimum atomic E-state index is 0.289. The minimum absolute atomic E-state index is 0.289. The van der Waals surface area contributed by atoms with Crippen LogP contribution in [0.4, 0.5) is 0 Å². The van der Waals surface area contributed by atoms with Crippen molar-refractivity contribution in [2.24, 2.45) is 5.73 Å². The van der Waals surface area contributed by atoms with Gasteiger partial charge in [0.25, 0.3) is 0 Å². The number of nitrogens with two attached hydrogens (primary N) is 1. The summed E-state index contributed by atoms with van der Waals surface area (Å²) in [4.78, 5) is 14.4. The van der Waals surface area contributed by atoms with Gasteiger partial charge in [-0.15, -0.1) is 0 Å². The molecule has 0 aliphatic carbocycles. The molecule has 3 heteroatoms. The highest BCUT2D eigenvalue weighted by Crippen LogP contribution is 2.32. The SMILES string of the molecule is Cc1ccc(C2CCCN2C(=O)CCCCCN)cc1. The Morgan fingerprint density at radius 2 is 2.00 bits per heavy atom. The zero-order chi connectivity index (χ0) is 14.4. The molecule has 0 bridgehead atoms. The van der Waals surface area contributed by atoms with Crippen molar-refractivity contribution < 1.29 is 4.79 Å². The molecule has 1 saturated heterocycles. The summed E-state index contributed by atoms with van der Waals surface area (Å²) in [7, 11) is 0. The molecule has 20 heavy (non-hydrogen) atoms. The highest BCUT2D eigenvalue weighted by atomic mass is 16.2. The molecule has 1 aliphatic rings. The Hall–Kier alpha value is -1.35. The van der Waals surface area contributed by atoms with Gasteiger partial charge in [0.1, 0.15) is 0 Å². The van der Waals surface area contributed by atoms with Crippen molar-refractivity contribution in [3.8, 4) is 0 Å². The predicted octanol–water partition coefficient (Wildman–Crippen LogP) is 3.18. The summed E-state index contributed by atoms with van der Waals surface area (Å²) < 4.78 is 0. The molecule has 1 fully saturated rings. The summed E-state index contributed by atoms with van der Waals surface area (Å²) in [6, 6.07) is 8.90. The molecule has 1 aliphatic heterocycles. The van der Waals surface area contributed by atoms with Crippen molar-refractivity contribution in [1.29, 1.82) is 0 Å². The molecule has 1 heterocycles. The van der Waals surface area contributed by atoms with Crippen LogP contribution in [-0.4, -0.2) is 23.9 Å². The Balaban J connectivity index is 1.93. The van der Waals surface area contributed by atoms with E-state index in [4.69, 9.17) is 5.73 Å². The molecule has 1 aromatic rings. The molecule has 3 nitrogen and oxygen atoms in total. The number of nitrogens with zero attached hydrogens (tertiary/aromatic N) is 1. The number of likely N-dealkylation sites (tertiary alicyclic amines) is 1. The van der Waals surface area contributed by atoms with Crippen LogP contribution in [0, 0.1) is 6.92 Å². The number of unbranched alkanes of at least 4 members (excludes halogenated alkanes) is 2. The average Bonchev–Trinajstić information content (AvgIpc) is 2.93. The first-order chi connectivity index (χ1) is 9.72. The number of hydrogen-bond donors (Lipinski definition) is 1. The normalized spacial score (nSPS) is 18.5. The predicted molar refractivity (Wildman–Crippen MR) is 82.4 cm³/mol. The standard InChI is InChI=1S/C17H26N2O/c1-14-8-10-15(11-9-14)16-6-5-13-19(16)17(20)7-3-2-4-12-18/h8-11,16H,2-7,12-13,18H2,1H3. The fraction of sp³-hybridized carbons (Fsp3) is 0.588. The summed E-state index contributed by atoms with van der Waals surface area (Å²) in [6.07, 6.45) is 5.93. The van der Waals surface area contributed by atoms with E-state index in [0.29, 0.717) is 12.3 Å². The molecule has 1 amide bonds. The van der Waals surface area contributed by atoms with Gasteiger partial charge in [0.2, 0.25) is 5.91 Å². The lowest BCUT2D eigenvalue weighted by molar-refractivity contribution is -0.132. The van der Waals surface area contributed by atoms with Gasteiger partial charge in [-0.3, -0.25) is 4.79 Å². The van der Waals surface area contributed by atoms with Gasteiger partial charge in [-0.1, -0.05) is 36.2 Å². The van der Waals surface area contributed by atoms with E-state index >= 15 is 0 Å². The smallest absolute Gasteiger partial charge is 0.223 e. The zero-order valence-electron chi connectivity index (χ0n) is 12.5. The van der Waals surface area contributed by atoms with E-state index < -0.39 is 0 Å². The third-order valence-electron chi connectivity index (χ3n) is 4.13. The van der Waals surface area contributed by atoms with E-state index in [0.717, 1.165) is 45.2 Å². The fourth-order valence-corrected chi connectivity index (χ4v) is 2.94. The Labute approximate surface area is 122 Å². The van der Waals surface area contributed by atoms with Crippen molar-refractivity contribution >= 4 is 5.91 Å². The Kier molecular flexibility index (Phi) is 5.60. The summed E-state index contributed by atoms with van der Waals surface area (Å²) in [6.45, 7) is 3.73. The second-order valence-electron chi connectivity index (χ2n) is 5.76. The number of aryl methyl sites for hydroxylation is 1. The maximum atomic E-state index is 12.4. The third kappa shape index (κ3) is 3.83. The van der Waals surface area contributed by atoms with Crippen LogP contribution >= 0.6 is 0 Å². The van der Waals surface area contributed by atoms with Gasteiger partial charge in [-0.05, 0) is 44.7 Å². The van der Waals surface area contributed by atoms with Crippen molar-refractivity contribution in [3.63, 3.8) is 0 Å². The van der Waals surface area contributed by atoms with E-state index in [-0.39, 0.29) is 6.04 Å². The first kappa shape index (κ1) is 15.0. The van der Waals surface area contributed by atoms with Crippen molar-refractivity contribution in [2.75, 3.05) is 13.1 Å². The Morgan fingerprint density at radius 1 is 1.25 bits per heavy atom. The molecular weight excluding hydrogens is 248 g/mol. The molecule has 0 radical (unpaired) electrons. The summed E-state index contributed by atoms with van der Waals surface area (Å²) in [5.74, 6) is 0.310. The largest absolute Gasteiger partial charge is 0.336 e. The summed E-state index contributed by atoms with van der Waals surface area (Å²) >= 11 is 0. The van der Waals surface area contributed by atoms with Crippen LogP contribution in [0.1, 0.15) is 55.7 Å². The molecule has 0 saturated carbocycles. The van der Waals surface area contributed by atoms with Crippen LogP contribution in [0.5, 0.6) is 0 Å². The van der Waals surface area contributed by atoms with Gasteiger partial charge in [-0.25, -0.2) is 0 Å². The van der Waals surface area contributed by atoms with Crippen LogP contribution < -0.4 is 5.73 Å². The topological polar surface area (TPSA) is 46.3 Å². The van der Waals surface area contributed by atoms with Gasteiger partial charge < -0.3 is 10.6 Å². The van der Waals surface area contributed by atoms with Crippen LogP contribution in [0.2, 0.25) is 0 Å². The number of hydrogen-bond acceptors (Lipinski definition) is 2. The molecule has 1 aromatic carbocycles. The molecule has 0 spiro atoms. The number of carbonyl (C=O) groups is 1. The van der Waals surface area contributed by atoms with Gasteiger partial charge in [0, 0.05) is 13.0 Å². The molecule has 110 valence electrons. The second kappa shape index (κ2) is 7.44. The van der Waals surface area contributed by atoms with E-state index in [1.165, 1.54) is 11.1 Å². The van der Waals surface area contributed by atoms with Crippen molar-refractivity contribution in [1.82, 2.24) is 4.90 Å². The first-order valence-electron chi connectivity index (χ1n) is 7.78. The highest BCUT2D eigenvalue weighted by Gasteiger charge is 2.29. The molecule has 1 atom stereocenters. The van der Waals surface area contributed by atoms with Gasteiger partial charge >= 0.3 is 0 Å². The average molecular weight is 274 g/mol. The Morgan fingerprint density at radius 3 is 2.70 bits per heavy atom. The third-order valence-corrected chi connectivity index (χ3v) is 4.13. The molecule has 2 N–H and O–H groups in total. The van der Waals surface area contributed by atoms with E-state index in [1.54, 1.807) is 0 Å². The van der Waals surface area contributed by atoms with Crippen molar-refractivity contribution in [3.05, 3.63) is 35.4 Å². The van der Waals surface area contributed by atoms with Crippen LogP contribution in [0.15, 0.2) is 24.3 Å². The molecule has 1 unspecified atom stereocenters. The summed E-state index contributed by atoms with van der Waals surface area (Å²) in [5.41, 5.74) is 8.03. The van der Waals surface area contributed by atoms with E-state index in [1.807, 2.05) is 0 Å². The number of carbonyl (C=O) groups excluding carboxylic acids is 1. The van der Waals surface area contributed by atoms with Gasteiger partial charge in [0.15, 0.2) is 0 Å². The molecular formula is C17H26N2O. The van der Waals surface area contributed by atoms with Gasteiger partial charge in [0.05, 0.1) is 6.04 Å².